The van der Waals surface area contributed by atoms with Crippen molar-refractivity contribution in [1.82, 2.24) is 19.5 Å². The summed E-state index contributed by atoms with van der Waals surface area (Å²) in [4.78, 5) is 31.9. The number of hydrogen-bond acceptors (Lipinski definition) is 9. The lowest BCUT2D eigenvalue weighted by molar-refractivity contribution is -0.199. The number of aromatic nitrogens is 4. The molecule has 12 nitrogen and oxygen atoms in total. The Bertz CT molecular complexity index is 1520. The van der Waals surface area contributed by atoms with Gasteiger partial charge >= 0.3 is 7.82 Å². The van der Waals surface area contributed by atoms with E-state index in [0.29, 0.717) is 29.2 Å². The molecule has 0 bridgehead atoms. The van der Waals surface area contributed by atoms with Crippen molar-refractivity contribution < 1.29 is 37.8 Å². The van der Waals surface area contributed by atoms with Gasteiger partial charge in [-0.15, -0.1) is 0 Å². The predicted molar refractivity (Wildman–Crippen MR) is 137 cm³/mol. The Hall–Kier alpha value is -3.22. The number of benzene rings is 2. The number of phosphoric acid groups is 1. The Morgan fingerprint density at radius 3 is 2.62 bits per heavy atom. The molecular formula is C26H27N4O8P. The summed E-state index contributed by atoms with van der Waals surface area (Å²) in [6, 6.07) is 17.5. The van der Waals surface area contributed by atoms with Gasteiger partial charge in [-0.1, -0.05) is 42.5 Å². The van der Waals surface area contributed by atoms with Crippen LogP contribution in [-0.2, 0) is 29.9 Å². The zero-order valence-electron chi connectivity index (χ0n) is 21.2. The normalized spacial score (nSPS) is 24.2. The molecule has 4 heterocycles. The van der Waals surface area contributed by atoms with Crippen LogP contribution in [0.2, 0.25) is 0 Å². The summed E-state index contributed by atoms with van der Waals surface area (Å²) in [7, 11) is -4.70. The number of ether oxygens (including phenoxy) is 4. The van der Waals surface area contributed by atoms with E-state index in [1.165, 1.54) is 6.33 Å². The third kappa shape index (κ3) is 5.45. The van der Waals surface area contributed by atoms with E-state index in [-0.39, 0.29) is 6.61 Å². The van der Waals surface area contributed by atoms with Gasteiger partial charge in [-0.25, -0.2) is 19.5 Å². The first kappa shape index (κ1) is 26.0. The lowest BCUT2D eigenvalue weighted by atomic mass is 10.1. The quantitative estimate of drug-likeness (QED) is 0.308. The van der Waals surface area contributed by atoms with E-state index in [4.69, 9.17) is 23.5 Å². The van der Waals surface area contributed by atoms with Crippen molar-refractivity contribution in [3.05, 3.63) is 72.8 Å². The SMILES string of the molecule is CC1(C)O[C@@H]2[C@H](O1)[C@@H](COP(=O)(O)O)O[C@H]2n1cnc2c(-c3cccc(OCc4ccccc4)c3)ncnc21. The van der Waals surface area contributed by atoms with Crippen LogP contribution in [0.5, 0.6) is 5.75 Å². The Morgan fingerprint density at radius 2 is 1.82 bits per heavy atom. The van der Waals surface area contributed by atoms with Crippen LogP contribution in [0.15, 0.2) is 67.3 Å². The van der Waals surface area contributed by atoms with Crippen molar-refractivity contribution in [2.45, 2.75) is 50.8 Å². The molecule has 13 heteroatoms. The molecule has 6 rings (SSSR count). The van der Waals surface area contributed by atoms with E-state index in [1.54, 1.807) is 24.7 Å². The Balaban J connectivity index is 1.29. The van der Waals surface area contributed by atoms with E-state index in [2.05, 4.69) is 15.0 Å². The van der Waals surface area contributed by atoms with Gasteiger partial charge in [0.2, 0.25) is 0 Å². The van der Waals surface area contributed by atoms with Gasteiger partial charge in [0.15, 0.2) is 17.7 Å². The summed E-state index contributed by atoms with van der Waals surface area (Å²) in [5.74, 6) is -0.231. The van der Waals surface area contributed by atoms with Crippen molar-refractivity contribution in [2.75, 3.05) is 6.61 Å². The Kier molecular flexibility index (Phi) is 6.72. The maximum absolute atomic E-state index is 11.3. The van der Waals surface area contributed by atoms with Crippen molar-refractivity contribution >= 4 is 19.0 Å². The molecule has 2 fully saturated rings. The summed E-state index contributed by atoms with van der Waals surface area (Å²) in [6.07, 6.45) is 0.317. The first-order chi connectivity index (χ1) is 18.7. The topological polar surface area (TPSA) is 147 Å². The van der Waals surface area contributed by atoms with Gasteiger partial charge in [-0.3, -0.25) is 9.09 Å². The van der Waals surface area contributed by atoms with E-state index >= 15 is 0 Å². The van der Waals surface area contributed by atoms with E-state index in [1.807, 2.05) is 54.6 Å². The highest BCUT2D eigenvalue weighted by atomic mass is 31.2. The van der Waals surface area contributed by atoms with Gasteiger partial charge in [0.1, 0.15) is 48.2 Å². The molecule has 4 aromatic rings. The number of rotatable bonds is 8. The minimum absolute atomic E-state index is 0.371. The highest BCUT2D eigenvalue weighted by Gasteiger charge is 2.56. The predicted octanol–water partition coefficient (Wildman–Crippen LogP) is 3.60. The van der Waals surface area contributed by atoms with Crippen LogP contribution < -0.4 is 4.74 Å². The zero-order valence-corrected chi connectivity index (χ0v) is 22.0. The first-order valence-corrected chi connectivity index (χ1v) is 13.9. The maximum Gasteiger partial charge on any atom is 0.469 e. The monoisotopic (exact) mass is 554 g/mol. The molecule has 2 aromatic carbocycles. The molecule has 2 aliphatic heterocycles. The van der Waals surface area contributed by atoms with Crippen LogP contribution in [0.3, 0.4) is 0 Å². The molecule has 2 aromatic heterocycles. The second kappa shape index (κ2) is 10.1. The van der Waals surface area contributed by atoms with Crippen LogP contribution in [0.4, 0.5) is 0 Å². The standard InChI is InChI=1S/C26H27N4O8P/c1-26(2)37-22-19(13-35-39(31,32)33)36-25(23(22)38-26)30-15-29-21-20(27-14-28-24(21)30)17-9-6-10-18(11-17)34-12-16-7-4-3-5-8-16/h3-11,14-15,19,22-23,25H,12-13H2,1-2H3,(H2,31,32,33)/t19-,22-,23-,25-/m1/s1. The lowest BCUT2D eigenvalue weighted by Gasteiger charge is -2.24. The molecule has 4 atom stereocenters. The molecule has 0 unspecified atom stereocenters. The Labute approximate surface area is 223 Å². The van der Waals surface area contributed by atoms with Crippen LogP contribution in [-0.4, -0.2) is 60.0 Å². The molecule has 2 aliphatic rings. The Morgan fingerprint density at radius 1 is 1.03 bits per heavy atom. The minimum Gasteiger partial charge on any atom is -0.489 e. The molecule has 0 amide bonds. The second-order valence-electron chi connectivity index (χ2n) is 9.76. The minimum atomic E-state index is -4.70. The smallest absolute Gasteiger partial charge is 0.469 e. The third-order valence-electron chi connectivity index (χ3n) is 6.52. The molecule has 39 heavy (non-hydrogen) atoms. The van der Waals surface area contributed by atoms with Crippen LogP contribution >= 0.6 is 7.82 Å². The summed E-state index contributed by atoms with van der Waals surface area (Å²) >= 11 is 0. The molecular weight excluding hydrogens is 527 g/mol. The second-order valence-corrected chi connectivity index (χ2v) is 11.0. The van der Waals surface area contributed by atoms with E-state index < -0.39 is 38.1 Å². The average molecular weight is 554 g/mol. The average Bonchev–Trinajstić information content (AvgIpc) is 3.57. The fourth-order valence-corrected chi connectivity index (χ4v) is 5.25. The van der Waals surface area contributed by atoms with Gasteiger partial charge in [0.25, 0.3) is 0 Å². The molecule has 0 saturated carbocycles. The van der Waals surface area contributed by atoms with E-state index in [9.17, 15) is 14.4 Å². The van der Waals surface area contributed by atoms with Gasteiger partial charge in [0, 0.05) is 5.56 Å². The van der Waals surface area contributed by atoms with Gasteiger partial charge in [-0.05, 0) is 31.5 Å². The third-order valence-corrected chi connectivity index (χ3v) is 7.01. The number of imidazole rings is 1. The molecule has 204 valence electrons. The fourth-order valence-electron chi connectivity index (χ4n) is 4.91. The highest BCUT2D eigenvalue weighted by molar-refractivity contribution is 7.46. The largest absolute Gasteiger partial charge is 0.489 e. The summed E-state index contributed by atoms with van der Waals surface area (Å²) in [5.41, 5.74) is 3.53. The molecule has 2 saturated heterocycles. The molecule has 0 radical (unpaired) electrons. The van der Waals surface area contributed by atoms with Crippen molar-refractivity contribution in [2.24, 2.45) is 0 Å². The van der Waals surface area contributed by atoms with Gasteiger partial charge in [-0.2, -0.15) is 0 Å². The lowest BCUT2D eigenvalue weighted by Crippen LogP contribution is -2.32. The fraction of sp³-hybridized carbons (Fsp3) is 0.346. The number of nitrogens with zero attached hydrogens (tertiary/aromatic N) is 4. The van der Waals surface area contributed by atoms with Crippen LogP contribution in [0.1, 0.15) is 25.6 Å². The van der Waals surface area contributed by atoms with E-state index in [0.717, 1.165) is 11.1 Å². The number of phosphoric ester groups is 1. The number of fused-ring (bicyclic) bond motifs is 2. The van der Waals surface area contributed by atoms with Crippen molar-refractivity contribution in [3.63, 3.8) is 0 Å². The summed E-state index contributed by atoms with van der Waals surface area (Å²) in [5, 5.41) is 0. The molecule has 0 aliphatic carbocycles. The van der Waals surface area contributed by atoms with Gasteiger partial charge in [0.05, 0.1) is 12.9 Å². The maximum atomic E-state index is 11.3. The van der Waals surface area contributed by atoms with Crippen molar-refractivity contribution in [3.8, 4) is 17.0 Å². The van der Waals surface area contributed by atoms with Crippen molar-refractivity contribution in [1.29, 1.82) is 0 Å². The summed E-state index contributed by atoms with van der Waals surface area (Å²) < 4.78 is 42.0. The first-order valence-electron chi connectivity index (χ1n) is 12.3. The van der Waals surface area contributed by atoms with Crippen LogP contribution in [0, 0.1) is 0 Å². The van der Waals surface area contributed by atoms with Gasteiger partial charge < -0.3 is 28.7 Å². The molecule has 0 spiro atoms. The summed E-state index contributed by atoms with van der Waals surface area (Å²) in [6.45, 7) is 3.60. The highest BCUT2D eigenvalue weighted by Crippen LogP contribution is 2.46. The zero-order chi connectivity index (χ0) is 27.2. The number of hydrogen-bond donors (Lipinski definition) is 2. The molecule has 2 N–H and O–H groups in total. The van der Waals surface area contributed by atoms with Crippen LogP contribution in [0.25, 0.3) is 22.4 Å².